The smallest absolute Gasteiger partial charge is 0.251 e. The summed E-state index contributed by atoms with van der Waals surface area (Å²) in [6.45, 7) is 1.11. The summed E-state index contributed by atoms with van der Waals surface area (Å²) in [5.41, 5.74) is 0.540. The number of rotatable bonds is 6. The molecule has 0 aromatic heterocycles. The van der Waals surface area contributed by atoms with E-state index in [0.717, 1.165) is 16.6 Å². The van der Waals surface area contributed by atoms with Gasteiger partial charge in [-0.1, -0.05) is 45.7 Å². The predicted molar refractivity (Wildman–Crippen MR) is 88.0 cm³/mol. The van der Waals surface area contributed by atoms with E-state index >= 15 is 0 Å². The van der Waals surface area contributed by atoms with Crippen molar-refractivity contribution in [2.75, 3.05) is 13.2 Å². The van der Waals surface area contributed by atoms with Crippen molar-refractivity contribution in [2.24, 2.45) is 0 Å². The van der Waals surface area contributed by atoms with Crippen LogP contribution >= 0.6 is 27.5 Å². The zero-order valence-corrected chi connectivity index (χ0v) is 13.7. The first-order chi connectivity index (χ1) is 10.1. The molecule has 2 aromatic carbocycles. The van der Waals surface area contributed by atoms with Gasteiger partial charge in [0.2, 0.25) is 0 Å². The molecule has 0 aliphatic carbocycles. The Morgan fingerprint density at radius 1 is 1.19 bits per heavy atom. The van der Waals surface area contributed by atoms with Crippen molar-refractivity contribution in [3.63, 3.8) is 0 Å². The molecule has 1 N–H and O–H groups in total. The van der Waals surface area contributed by atoms with Gasteiger partial charge in [-0.3, -0.25) is 4.79 Å². The number of carbonyl (C=O) groups excluding carboxylic acids is 1. The molecular formula is C16H15BrClNO2. The van der Waals surface area contributed by atoms with Crippen molar-refractivity contribution in [1.82, 2.24) is 5.32 Å². The van der Waals surface area contributed by atoms with Crippen molar-refractivity contribution in [3.05, 3.63) is 63.6 Å². The summed E-state index contributed by atoms with van der Waals surface area (Å²) < 4.78 is 6.34. The van der Waals surface area contributed by atoms with Crippen molar-refractivity contribution >= 4 is 33.4 Å². The highest BCUT2D eigenvalue weighted by Gasteiger charge is 2.06. The molecule has 0 radical (unpaired) electrons. The fraction of sp³-hybridized carbons (Fsp3) is 0.188. The number of ether oxygens (including phenoxy) is 1. The molecular weight excluding hydrogens is 354 g/mol. The first-order valence-corrected chi connectivity index (χ1v) is 7.74. The first kappa shape index (κ1) is 15.9. The molecule has 0 bridgehead atoms. The molecule has 2 aromatic rings. The molecule has 110 valence electrons. The Hall–Kier alpha value is -1.52. The van der Waals surface area contributed by atoms with E-state index in [4.69, 9.17) is 16.3 Å². The van der Waals surface area contributed by atoms with Crippen LogP contribution in [0.4, 0.5) is 0 Å². The molecule has 0 aliphatic rings. The molecule has 0 spiro atoms. The monoisotopic (exact) mass is 367 g/mol. The number of benzene rings is 2. The summed E-state index contributed by atoms with van der Waals surface area (Å²) in [4.78, 5) is 12.0. The second kappa shape index (κ2) is 8.05. The van der Waals surface area contributed by atoms with E-state index in [1.807, 2.05) is 30.3 Å². The Kier molecular flexibility index (Phi) is 6.08. The predicted octanol–water partition coefficient (Wildman–Crippen LogP) is 4.30. The fourth-order valence-electron chi connectivity index (χ4n) is 1.77. The highest BCUT2D eigenvalue weighted by atomic mass is 79.9. The van der Waals surface area contributed by atoms with Crippen LogP contribution in [-0.2, 0) is 0 Å². The van der Waals surface area contributed by atoms with Crippen LogP contribution in [0.5, 0.6) is 5.75 Å². The Balaban J connectivity index is 1.72. The molecule has 2 rings (SSSR count). The van der Waals surface area contributed by atoms with Gasteiger partial charge in [0.05, 0.1) is 6.61 Å². The van der Waals surface area contributed by atoms with Gasteiger partial charge < -0.3 is 10.1 Å². The molecule has 0 aliphatic heterocycles. The Labute approximate surface area is 137 Å². The van der Waals surface area contributed by atoms with Gasteiger partial charge in [0.15, 0.2) is 0 Å². The van der Waals surface area contributed by atoms with Crippen molar-refractivity contribution < 1.29 is 9.53 Å². The molecule has 5 heteroatoms. The largest absolute Gasteiger partial charge is 0.494 e. The lowest BCUT2D eigenvalue weighted by atomic mass is 10.2. The lowest BCUT2D eigenvalue weighted by molar-refractivity contribution is 0.0951. The molecule has 0 fully saturated rings. The van der Waals surface area contributed by atoms with E-state index in [1.165, 1.54) is 0 Å². The third-order valence-electron chi connectivity index (χ3n) is 2.74. The Morgan fingerprint density at radius 2 is 1.95 bits per heavy atom. The van der Waals surface area contributed by atoms with Crippen molar-refractivity contribution in [3.8, 4) is 5.75 Å². The average Bonchev–Trinajstić information content (AvgIpc) is 2.47. The lowest BCUT2D eigenvalue weighted by Gasteiger charge is -2.08. The highest BCUT2D eigenvalue weighted by molar-refractivity contribution is 9.10. The zero-order valence-electron chi connectivity index (χ0n) is 11.3. The summed E-state index contributed by atoms with van der Waals surface area (Å²) in [7, 11) is 0. The third kappa shape index (κ3) is 5.40. The number of hydrogen-bond acceptors (Lipinski definition) is 2. The molecule has 3 nitrogen and oxygen atoms in total. The standard InChI is InChI=1S/C16H15BrClNO2/c17-13-9-12(10-14(18)11-13)16(20)19-7-4-8-21-15-5-2-1-3-6-15/h1-3,5-6,9-11H,4,7-8H2,(H,19,20). The maximum absolute atomic E-state index is 12.0. The van der Waals surface area contributed by atoms with Gasteiger partial charge >= 0.3 is 0 Å². The number of nitrogens with one attached hydrogen (secondary N) is 1. The summed E-state index contributed by atoms with van der Waals surface area (Å²) in [5, 5.41) is 3.37. The number of para-hydroxylation sites is 1. The highest BCUT2D eigenvalue weighted by Crippen LogP contribution is 2.19. The minimum atomic E-state index is -0.141. The maximum Gasteiger partial charge on any atom is 0.251 e. The number of carbonyl (C=O) groups is 1. The molecule has 0 saturated heterocycles. The van der Waals surface area contributed by atoms with E-state index in [0.29, 0.717) is 23.7 Å². The maximum atomic E-state index is 12.0. The van der Waals surface area contributed by atoms with E-state index in [1.54, 1.807) is 18.2 Å². The third-order valence-corrected chi connectivity index (χ3v) is 3.42. The lowest BCUT2D eigenvalue weighted by Crippen LogP contribution is -2.25. The number of hydrogen-bond donors (Lipinski definition) is 1. The zero-order chi connectivity index (χ0) is 15.1. The van der Waals surface area contributed by atoms with Crippen LogP contribution in [-0.4, -0.2) is 19.1 Å². The Morgan fingerprint density at radius 3 is 2.67 bits per heavy atom. The van der Waals surface area contributed by atoms with Crippen LogP contribution in [0.1, 0.15) is 16.8 Å². The molecule has 1 amide bonds. The van der Waals surface area contributed by atoms with Gasteiger partial charge in [-0.15, -0.1) is 0 Å². The van der Waals surface area contributed by atoms with Crippen LogP contribution in [0.3, 0.4) is 0 Å². The second-order valence-electron chi connectivity index (χ2n) is 4.43. The van der Waals surface area contributed by atoms with Crippen molar-refractivity contribution in [2.45, 2.75) is 6.42 Å². The summed E-state index contributed by atoms with van der Waals surface area (Å²) in [5.74, 6) is 0.695. The Bertz CT molecular complexity index is 584. The minimum absolute atomic E-state index is 0.141. The fourth-order valence-corrected chi connectivity index (χ4v) is 2.63. The van der Waals surface area contributed by atoms with E-state index in [-0.39, 0.29) is 5.91 Å². The van der Waals surface area contributed by atoms with E-state index in [2.05, 4.69) is 21.2 Å². The quantitative estimate of drug-likeness (QED) is 0.772. The second-order valence-corrected chi connectivity index (χ2v) is 5.78. The van der Waals surface area contributed by atoms with Crippen LogP contribution in [0.2, 0.25) is 5.02 Å². The van der Waals surface area contributed by atoms with E-state index in [9.17, 15) is 4.79 Å². The van der Waals surface area contributed by atoms with Gasteiger partial charge in [-0.2, -0.15) is 0 Å². The van der Waals surface area contributed by atoms with Crippen molar-refractivity contribution in [1.29, 1.82) is 0 Å². The first-order valence-electron chi connectivity index (χ1n) is 6.57. The molecule has 0 unspecified atom stereocenters. The summed E-state index contributed by atoms with van der Waals surface area (Å²) in [6, 6.07) is 14.7. The molecule has 0 atom stereocenters. The number of amides is 1. The molecule has 21 heavy (non-hydrogen) atoms. The SMILES string of the molecule is O=C(NCCCOc1ccccc1)c1cc(Cl)cc(Br)c1. The van der Waals surface area contributed by atoms with Gasteiger partial charge in [0, 0.05) is 21.6 Å². The van der Waals surface area contributed by atoms with Crippen LogP contribution in [0.15, 0.2) is 53.0 Å². The van der Waals surface area contributed by atoms with Gasteiger partial charge in [-0.05, 0) is 36.8 Å². The molecule has 0 heterocycles. The number of halogens is 2. The molecule has 0 saturated carbocycles. The summed E-state index contributed by atoms with van der Waals surface area (Å²) >= 11 is 9.23. The van der Waals surface area contributed by atoms with E-state index < -0.39 is 0 Å². The topological polar surface area (TPSA) is 38.3 Å². The van der Waals surface area contributed by atoms with Gasteiger partial charge in [0.1, 0.15) is 5.75 Å². The van der Waals surface area contributed by atoms with Gasteiger partial charge in [-0.25, -0.2) is 0 Å². The minimum Gasteiger partial charge on any atom is -0.494 e. The van der Waals surface area contributed by atoms with Crippen LogP contribution in [0, 0.1) is 0 Å². The van der Waals surface area contributed by atoms with Gasteiger partial charge in [0.25, 0.3) is 5.91 Å². The van der Waals surface area contributed by atoms with Crippen LogP contribution in [0.25, 0.3) is 0 Å². The summed E-state index contributed by atoms with van der Waals surface area (Å²) in [6.07, 6.45) is 0.738. The van der Waals surface area contributed by atoms with Crippen LogP contribution < -0.4 is 10.1 Å². The normalized spacial score (nSPS) is 10.2. The average molecular weight is 369 g/mol.